The highest BCUT2D eigenvalue weighted by atomic mass is 14.5. The maximum absolute atomic E-state index is 5.80. The van der Waals surface area contributed by atoms with E-state index >= 15 is 0 Å². The summed E-state index contributed by atoms with van der Waals surface area (Å²) in [5.74, 6) is 0.946. The largest absolute Gasteiger partial charge is 0.399 e. The molecule has 1 fully saturated rings. The van der Waals surface area contributed by atoms with Gasteiger partial charge in [-0.2, -0.15) is 0 Å². The first-order chi connectivity index (χ1) is 6.83. The number of hydrogen-bond acceptors (Lipinski definition) is 1. The molecule has 0 spiro atoms. The van der Waals surface area contributed by atoms with Gasteiger partial charge in [0.15, 0.2) is 0 Å². The van der Waals surface area contributed by atoms with Crippen LogP contribution in [0.2, 0.25) is 0 Å². The van der Waals surface area contributed by atoms with Crippen LogP contribution in [0.15, 0.2) is 29.8 Å². The van der Waals surface area contributed by atoms with E-state index in [1.807, 2.05) is 6.07 Å². The first-order valence-corrected chi connectivity index (χ1v) is 5.40. The molecule has 1 atom stereocenters. The lowest BCUT2D eigenvalue weighted by molar-refractivity contribution is 0.582. The molecule has 1 unspecified atom stereocenters. The molecule has 2 aliphatic rings. The normalized spacial score (nSPS) is 24.7. The van der Waals surface area contributed by atoms with Crippen molar-refractivity contribution in [1.29, 1.82) is 0 Å². The van der Waals surface area contributed by atoms with Crippen LogP contribution in [0.4, 0.5) is 5.69 Å². The molecule has 72 valence electrons. The third kappa shape index (κ3) is 1.16. The summed E-state index contributed by atoms with van der Waals surface area (Å²) in [6.45, 7) is 0. The fraction of sp³-hybridized carbons (Fsp3) is 0.385. The van der Waals surface area contributed by atoms with Gasteiger partial charge in [0.25, 0.3) is 0 Å². The summed E-state index contributed by atoms with van der Waals surface area (Å²) in [6.07, 6.45) is 5.39. The van der Waals surface area contributed by atoms with Crippen LogP contribution in [-0.2, 0) is 0 Å². The van der Waals surface area contributed by atoms with Gasteiger partial charge in [-0.25, -0.2) is 0 Å². The SMILES string of the molecule is Nc1cccc(C2=C3CCC(C3)C2)c1. The van der Waals surface area contributed by atoms with E-state index in [0.29, 0.717) is 0 Å². The van der Waals surface area contributed by atoms with Gasteiger partial charge in [0.2, 0.25) is 0 Å². The average molecular weight is 185 g/mol. The van der Waals surface area contributed by atoms with Gasteiger partial charge >= 0.3 is 0 Å². The van der Waals surface area contributed by atoms with Crippen molar-refractivity contribution in [3.05, 3.63) is 35.4 Å². The molecule has 1 saturated carbocycles. The molecule has 14 heavy (non-hydrogen) atoms. The molecule has 2 aliphatic carbocycles. The number of rotatable bonds is 1. The van der Waals surface area contributed by atoms with Crippen LogP contribution in [0.25, 0.3) is 5.57 Å². The van der Waals surface area contributed by atoms with E-state index in [2.05, 4.69) is 18.2 Å². The number of anilines is 1. The molecular weight excluding hydrogens is 170 g/mol. The molecular formula is C13H15N. The predicted molar refractivity (Wildman–Crippen MR) is 59.7 cm³/mol. The van der Waals surface area contributed by atoms with E-state index in [-0.39, 0.29) is 0 Å². The summed E-state index contributed by atoms with van der Waals surface area (Å²) >= 11 is 0. The summed E-state index contributed by atoms with van der Waals surface area (Å²) in [4.78, 5) is 0. The van der Waals surface area contributed by atoms with Crippen molar-refractivity contribution < 1.29 is 0 Å². The van der Waals surface area contributed by atoms with Crippen molar-refractivity contribution in [2.45, 2.75) is 25.7 Å². The molecule has 0 aromatic heterocycles. The molecule has 0 radical (unpaired) electrons. The van der Waals surface area contributed by atoms with E-state index in [1.165, 1.54) is 31.2 Å². The van der Waals surface area contributed by atoms with Crippen LogP contribution in [0.1, 0.15) is 31.2 Å². The van der Waals surface area contributed by atoms with Gasteiger partial charge in [0, 0.05) is 5.69 Å². The van der Waals surface area contributed by atoms with E-state index in [9.17, 15) is 0 Å². The summed E-state index contributed by atoms with van der Waals surface area (Å²) in [7, 11) is 0. The predicted octanol–water partition coefficient (Wildman–Crippen LogP) is 3.23. The van der Waals surface area contributed by atoms with Crippen LogP contribution in [0, 0.1) is 5.92 Å². The Labute approximate surface area is 84.6 Å². The standard InChI is InChI=1S/C13H15N/c14-12-3-1-2-10(8-12)13-7-9-4-5-11(13)6-9/h1-3,8-9H,4-7,14H2. The van der Waals surface area contributed by atoms with E-state index < -0.39 is 0 Å². The second kappa shape index (κ2) is 2.88. The van der Waals surface area contributed by atoms with E-state index in [1.54, 1.807) is 11.1 Å². The van der Waals surface area contributed by atoms with Crippen LogP contribution in [0.3, 0.4) is 0 Å². The Morgan fingerprint density at radius 1 is 1.21 bits per heavy atom. The number of nitrogen functional groups attached to an aromatic ring is 1. The molecule has 2 N–H and O–H groups in total. The van der Waals surface area contributed by atoms with Gasteiger partial charge < -0.3 is 5.73 Å². The van der Waals surface area contributed by atoms with Gasteiger partial charge in [-0.3, -0.25) is 0 Å². The lowest BCUT2D eigenvalue weighted by Crippen LogP contribution is -1.95. The second-order valence-corrected chi connectivity index (χ2v) is 4.52. The number of fused-ring (bicyclic) bond motifs is 2. The molecule has 0 amide bonds. The zero-order valence-electron chi connectivity index (χ0n) is 8.29. The topological polar surface area (TPSA) is 26.0 Å². The molecule has 0 saturated heterocycles. The quantitative estimate of drug-likeness (QED) is 0.668. The van der Waals surface area contributed by atoms with Crippen molar-refractivity contribution in [2.24, 2.45) is 5.92 Å². The highest BCUT2D eigenvalue weighted by Gasteiger charge is 2.30. The summed E-state index contributed by atoms with van der Waals surface area (Å²) in [6, 6.07) is 8.33. The molecule has 2 bridgehead atoms. The van der Waals surface area contributed by atoms with Crippen LogP contribution in [-0.4, -0.2) is 0 Å². The van der Waals surface area contributed by atoms with Crippen LogP contribution in [0.5, 0.6) is 0 Å². The zero-order chi connectivity index (χ0) is 9.54. The summed E-state index contributed by atoms with van der Waals surface area (Å²) < 4.78 is 0. The molecule has 1 aromatic rings. The van der Waals surface area contributed by atoms with Gasteiger partial charge in [0.1, 0.15) is 0 Å². The first-order valence-electron chi connectivity index (χ1n) is 5.40. The van der Waals surface area contributed by atoms with E-state index in [4.69, 9.17) is 5.73 Å². The fourth-order valence-electron chi connectivity index (χ4n) is 2.86. The fourth-order valence-corrected chi connectivity index (χ4v) is 2.86. The molecule has 1 nitrogen and oxygen atoms in total. The van der Waals surface area contributed by atoms with Crippen molar-refractivity contribution in [1.82, 2.24) is 0 Å². The highest BCUT2D eigenvalue weighted by molar-refractivity contribution is 5.73. The Kier molecular flexibility index (Phi) is 1.66. The molecule has 0 aliphatic heterocycles. The number of allylic oxidation sites excluding steroid dienone is 2. The Balaban J connectivity index is 2.04. The molecule has 1 heteroatoms. The monoisotopic (exact) mass is 185 g/mol. The maximum Gasteiger partial charge on any atom is 0.0320 e. The van der Waals surface area contributed by atoms with Crippen LogP contribution < -0.4 is 5.73 Å². The Bertz CT molecular complexity index is 403. The lowest BCUT2D eigenvalue weighted by Gasteiger charge is -2.12. The lowest BCUT2D eigenvalue weighted by atomic mass is 9.93. The summed E-state index contributed by atoms with van der Waals surface area (Å²) in [5.41, 5.74) is 11.3. The number of benzene rings is 1. The van der Waals surface area contributed by atoms with Crippen molar-refractivity contribution in [3.8, 4) is 0 Å². The average Bonchev–Trinajstić information content (AvgIpc) is 2.78. The minimum Gasteiger partial charge on any atom is -0.399 e. The maximum atomic E-state index is 5.80. The minimum atomic E-state index is 0.887. The van der Waals surface area contributed by atoms with Gasteiger partial charge in [-0.15, -0.1) is 0 Å². The third-order valence-electron chi connectivity index (χ3n) is 3.54. The Morgan fingerprint density at radius 3 is 2.79 bits per heavy atom. The van der Waals surface area contributed by atoms with Crippen molar-refractivity contribution in [2.75, 3.05) is 5.73 Å². The highest BCUT2D eigenvalue weighted by Crippen LogP contribution is 2.48. The summed E-state index contributed by atoms with van der Waals surface area (Å²) in [5, 5.41) is 0. The number of nitrogens with two attached hydrogens (primary N) is 1. The van der Waals surface area contributed by atoms with Gasteiger partial charge in [0.05, 0.1) is 0 Å². The zero-order valence-corrected chi connectivity index (χ0v) is 8.29. The second-order valence-electron chi connectivity index (χ2n) is 4.52. The third-order valence-corrected chi connectivity index (χ3v) is 3.54. The van der Waals surface area contributed by atoms with Crippen molar-refractivity contribution in [3.63, 3.8) is 0 Å². The Hall–Kier alpha value is -1.24. The first kappa shape index (κ1) is 8.10. The molecule has 1 aromatic carbocycles. The van der Waals surface area contributed by atoms with Crippen molar-refractivity contribution >= 4 is 11.3 Å². The van der Waals surface area contributed by atoms with Gasteiger partial charge in [-0.05, 0) is 54.9 Å². The molecule has 3 rings (SSSR count). The minimum absolute atomic E-state index is 0.887. The Morgan fingerprint density at radius 2 is 2.14 bits per heavy atom. The number of hydrogen-bond donors (Lipinski definition) is 1. The van der Waals surface area contributed by atoms with E-state index in [0.717, 1.165) is 11.6 Å². The smallest absolute Gasteiger partial charge is 0.0320 e. The van der Waals surface area contributed by atoms with Gasteiger partial charge in [-0.1, -0.05) is 17.7 Å². The van der Waals surface area contributed by atoms with Crippen LogP contribution >= 0.6 is 0 Å². The molecule has 0 heterocycles.